The summed E-state index contributed by atoms with van der Waals surface area (Å²) in [5.74, 6) is 1.12. The van der Waals surface area contributed by atoms with Crippen LogP contribution < -0.4 is 4.90 Å². The van der Waals surface area contributed by atoms with Crippen LogP contribution >= 0.6 is 11.6 Å². The van der Waals surface area contributed by atoms with Gasteiger partial charge in [-0.3, -0.25) is 4.79 Å². The molecule has 1 amide bonds. The molecule has 0 radical (unpaired) electrons. The van der Waals surface area contributed by atoms with E-state index in [1.807, 2.05) is 48.7 Å². The lowest BCUT2D eigenvalue weighted by atomic mass is 9.97. The Balaban J connectivity index is 1.43. The van der Waals surface area contributed by atoms with Gasteiger partial charge in [0.2, 0.25) is 5.91 Å². The second kappa shape index (κ2) is 8.28. The van der Waals surface area contributed by atoms with Crippen molar-refractivity contribution in [1.29, 1.82) is 0 Å². The summed E-state index contributed by atoms with van der Waals surface area (Å²) in [4.78, 5) is 21.5. The zero-order chi connectivity index (χ0) is 18.6. The summed E-state index contributed by atoms with van der Waals surface area (Å²) in [5.41, 5.74) is 1.18. The van der Waals surface area contributed by atoms with E-state index in [1.54, 1.807) is 0 Å². The molecule has 1 aromatic carbocycles. The van der Waals surface area contributed by atoms with E-state index in [2.05, 4.69) is 14.8 Å². The van der Waals surface area contributed by atoms with Crippen LogP contribution in [-0.2, 0) is 16.0 Å². The third kappa shape index (κ3) is 4.25. The maximum atomic E-state index is 12.7. The number of amides is 1. The molecule has 2 aliphatic rings. The number of nitrogens with zero attached hydrogens (tertiary/aromatic N) is 3. The SMILES string of the molecule is O=C1COC[C@H](Cc2ccc(Cl)cc2)N1C1CCN(c2ccccn2)CC1. The number of hydrogen-bond donors (Lipinski definition) is 0. The highest BCUT2D eigenvalue weighted by Gasteiger charge is 2.36. The highest BCUT2D eigenvalue weighted by atomic mass is 35.5. The number of carbonyl (C=O) groups excluding carboxylic acids is 1. The first kappa shape index (κ1) is 18.3. The van der Waals surface area contributed by atoms with E-state index in [-0.39, 0.29) is 24.6 Å². The molecule has 0 unspecified atom stereocenters. The summed E-state index contributed by atoms with van der Waals surface area (Å²) >= 11 is 5.99. The van der Waals surface area contributed by atoms with Gasteiger partial charge in [0.15, 0.2) is 0 Å². The van der Waals surface area contributed by atoms with Gasteiger partial charge >= 0.3 is 0 Å². The number of piperidine rings is 1. The Morgan fingerprint density at radius 1 is 1.11 bits per heavy atom. The molecule has 0 spiro atoms. The Hall–Kier alpha value is -2.11. The van der Waals surface area contributed by atoms with Crippen LogP contribution in [0, 0.1) is 0 Å². The van der Waals surface area contributed by atoms with Crippen molar-refractivity contribution < 1.29 is 9.53 Å². The van der Waals surface area contributed by atoms with Crippen molar-refractivity contribution in [2.24, 2.45) is 0 Å². The van der Waals surface area contributed by atoms with Gasteiger partial charge in [-0.25, -0.2) is 4.98 Å². The second-order valence-electron chi connectivity index (χ2n) is 7.21. The molecular weight excluding hydrogens is 362 g/mol. The quantitative estimate of drug-likeness (QED) is 0.811. The number of ether oxygens (including phenoxy) is 1. The van der Waals surface area contributed by atoms with Gasteiger partial charge in [-0.05, 0) is 49.1 Å². The zero-order valence-corrected chi connectivity index (χ0v) is 16.0. The van der Waals surface area contributed by atoms with Crippen LogP contribution in [0.1, 0.15) is 18.4 Å². The largest absolute Gasteiger partial charge is 0.369 e. The van der Waals surface area contributed by atoms with Crippen LogP contribution in [0.5, 0.6) is 0 Å². The monoisotopic (exact) mass is 385 g/mol. The highest BCUT2D eigenvalue weighted by molar-refractivity contribution is 6.30. The Morgan fingerprint density at radius 2 is 1.89 bits per heavy atom. The van der Waals surface area contributed by atoms with Crippen LogP contribution in [0.4, 0.5) is 5.82 Å². The number of pyridine rings is 1. The second-order valence-corrected chi connectivity index (χ2v) is 7.64. The normalized spacial score (nSPS) is 21.5. The number of carbonyl (C=O) groups is 1. The fourth-order valence-electron chi connectivity index (χ4n) is 4.11. The van der Waals surface area contributed by atoms with Gasteiger partial charge < -0.3 is 14.5 Å². The first-order valence-electron chi connectivity index (χ1n) is 9.50. The van der Waals surface area contributed by atoms with E-state index in [0.29, 0.717) is 6.61 Å². The Kier molecular flexibility index (Phi) is 5.60. The van der Waals surface area contributed by atoms with Gasteiger partial charge in [-0.2, -0.15) is 0 Å². The smallest absolute Gasteiger partial charge is 0.249 e. The molecule has 2 saturated heterocycles. The van der Waals surface area contributed by atoms with Crippen molar-refractivity contribution >= 4 is 23.3 Å². The molecule has 4 rings (SSSR count). The van der Waals surface area contributed by atoms with Gasteiger partial charge in [0, 0.05) is 30.4 Å². The van der Waals surface area contributed by atoms with E-state index in [1.165, 1.54) is 5.56 Å². The van der Waals surface area contributed by atoms with Crippen LogP contribution in [0.25, 0.3) is 0 Å². The number of aromatic nitrogens is 1. The van der Waals surface area contributed by atoms with Crippen molar-refractivity contribution in [2.75, 3.05) is 31.2 Å². The molecule has 5 nitrogen and oxygen atoms in total. The first-order chi connectivity index (χ1) is 13.2. The number of hydrogen-bond acceptors (Lipinski definition) is 4. The van der Waals surface area contributed by atoms with Crippen LogP contribution in [-0.4, -0.2) is 54.2 Å². The number of rotatable bonds is 4. The topological polar surface area (TPSA) is 45.7 Å². The summed E-state index contributed by atoms with van der Waals surface area (Å²) in [5, 5.41) is 0.730. The van der Waals surface area contributed by atoms with Gasteiger partial charge in [-0.1, -0.05) is 29.8 Å². The molecule has 27 heavy (non-hydrogen) atoms. The van der Waals surface area contributed by atoms with Crippen molar-refractivity contribution in [3.63, 3.8) is 0 Å². The molecule has 2 fully saturated rings. The molecule has 1 atom stereocenters. The minimum absolute atomic E-state index is 0.0822. The summed E-state index contributed by atoms with van der Waals surface area (Å²) in [6.07, 6.45) is 4.54. The fraction of sp³-hybridized carbons (Fsp3) is 0.429. The summed E-state index contributed by atoms with van der Waals surface area (Å²) in [6.45, 7) is 2.62. The molecule has 2 aliphatic heterocycles. The minimum Gasteiger partial charge on any atom is -0.369 e. The van der Waals surface area contributed by atoms with Crippen molar-refractivity contribution in [3.8, 4) is 0 Å². The Morgan fingerprint density at radius 3 is 2.59 bits per heavy atom. The predicted molar refractivity (Wildman–Crippen MR) is 106 cm³/mol. The van der Waals surface area contributed by atoms with Crippen molar-refractivity contribution in [3.05, 3.63) is 59.2 Å². The van der Waals surface area contributed by atoms with Gasteiger partial charge in [0.05, 0.1) is 12.6 Å². The maximum Gasteiger partial charge on any atom is 0.249 e. The van der Waals surface area contributed by atoms with E-state index < -0.39 is 0 Å². The van der Waals surface area contributed by atoms with Gasteiger partial charge in [-0.15, -0.1) is 0 Å². The molecule has 1 aromatic heterocycles. The number of morpholine rings is 1. The third-order valence-corrected chi connectivity index (χ3v) is 5.68. The maximum absolute atomic E-state index is 12.7. The summed E-state index contributed by atoms with van der Waals surface area (Å²) in [7, 11) is 0. The Labute approximate surface area is 164 Å². The lowest BCUT2D eigenvalue weighted by Gasteiger charge is -2.44. The molecular formula is C21H24ClN3O2. The van der Waals surface area contributed by atoms with E-state index in [0.717, 1.165) is 43.2 Å². The summed E-state index contributed by atoms with van der Waals surface area (Å²) in [6, 6.07) is 14.2. The molecule has 0 saturated carbocycles. The third-order valence-electron chi connectivity index (χ3n) is 5.43. The van der Waals surface area contributed by atoms with Crippen molar-refractivity contribution in [2.45, 2.75) is 31.3 Å². The van der Waals surface area contributed by atoms with E-state index in [9.17, 15) is 4.79 Å². The van der Waals surface area contributed by atoms with Crippen LogP contribution in [0.15, 0.2) is 48.7 Å². The first-order valence-corrected chi connectivity index (χ1v) is 9.88. The van der Waals surface area contributed by atoms with Gasteiger partial charge in [0.1, 0.15) is 12.4 Å². The van der Waals surface area contributed by atoms with Crippen molar-refractivity contribution in [1.82, 2.24) is 9.88 Å². The standard InChI is InChI=1S/C21H24ClN3O2/c22-17-6-4-16(5-7-17)13-19-14-27-15-21(26)25(19)18-8-11-24(12-9-18)20-3-1-2-10-23-20/h1-7,10,18-19H,8-9,11-15H2/t19-/m0/s1. The highest BCUT2D eigenvalue weighted by Crippen LogP contribution is 2.26. The number of benzene rings is 1. The lowest BCUT2D eigenvalue weighted by Crippen LogP contribution is -2.57. The molecule has 0 N–H and O–H groups in total. The lowest BCUT2D eigenvalue weighted by molar-refractivity contribution is -0.152. The predicted octanol–water partition coefficient (Wildman–Crippen LogP) is 3.17. The molecule has 2 aromatic rings. The number of halogens is 1. The average Bonchev–Trinajstić information content (AvgIpc) is 2.71. The van der Waals surface area contributed by atoms with Crippen LogP contribution in [0.2, 0.25) is 5.02 Å². The molecule has 142 valence electrons. The minimum atomic E-state index is 0.0822. The summed E-state index contributed by atoms with van der Waals surface area (Å²) < 4.78 is 5.56. The molecule has 6 heteroatoms. The Bertz CT molecular complexity index is 761. The zero-order valence-electron chi connectivity index (χ0n) is 15.3. The molecule has 0 aliphatic carbocycles. The van der Waals surface area contributed by atoms with Gasteiger partial charge in [0.25, 0.3) is 0 Å². The van der Waals surface area contributed by atoms with E-state index in [4.69, 9.17) is 16.3 Å². The molecule has 3 heterocycles. The van der Waals surface area contributed by atoms with E-state index >= 15 is 0 Å². The molecule has 0 bridgehead atoms. The number of anilines is 1. The fourth-order valence-corrected chi connectivity index (χ4v) is 4.23. The average molecular weight is 386 g/mol. The van der Waals surface area contributed by atoms with Crippen LogP contribution in [0.3, 0.4) is 0 Å².